The molecule has 108 valence electrons. The first kappa shape index (κ1) is 15.1. The third kappa shape index (κ3) is 2.91. The van der Waals surface area contributed by atoms with Crippen LogP contribution in [0.3, 0.4) is 0 Å². The van der Waals surface area contributed by atoms with Gasteiger partial charge in [-0.15, -0.1) is 0 Å². The van der Waals surface area contributed by atoms with Gasteiger partial charge in [0, 0.05) is 6.54 Å². The first-order valence-electron chi connectivity index (χ1n) is 6.39. The fraction of sp³-hybridized carbons (Fsp3) is 0.357. The summed E-state index contributed by atoms with van der Waals surface area (Å²) in [6, 6.07) is 4.10. The number of aromatic nitrogens is 2. The molecular weight excluding hydrogens is 328 g/mol. The second kappa shape index (κ2) is 6.45. The minimum absolute atomic E-state index is 0.150. The number of nitrogens with zero attached hydrogens (tertiary/aromatic N) is 2. The highest BCUT2D eigenvalue weighted by Gasteiger charge is 2.20. The van der Waals surface area contributed by atoms with Crippen LogP contribution in [0.1, 0.15) is 24.2 Å². The molecule has 0 radical (unpaired) electrons. The Hall–Kier alpha value is -1.27. The van der Waals surface area contributed by atoms with Crippen molar-refractivity contribution in [1.82, 2.24) is 15.1 Å². The normalized spacial score (nSPS) is 12.7. The standard InChI is InChI=1S/C14H16BrF2N3/c1-3-20-14(10(15)8-19-20)12(18-2)7-9-5-4-6-11(16)13(9)17/h4-6,8,12,18H,3,7H2,1-2H3. The summed E-state index contributed by atoms with van der Waals surface area (Å²) in [5.74, 6) is -1.60. The van der Waals surface area contributed by atoms with E-state index < -0.39 is 11.6 Å². The molecule has 1 aromatic heterocycles. The van der Waals surface area contributed by atoms with Gasteiger partial charge in [-0.2, -0.15) is 5.10 Å². The van der Waals surface area contributed by atoms with Gasteiger partial charge in [0.05, 0.1) is 22.4 Å². The Morgan fingerprint density at radius 2 is 2.15 bits per heavy atom. The monoisotopic (exact) mass is 343 g/mol. The van der Waals surface area contributed by atoms with Gasteiger partial charge in [0.1, 0.15) is 0 Å². The Labute approximate surface area is 125 Å². The lowest BCUT2D eigenvalue weighted by Gasteiger charge is -2.19. The molecule has 1 aromatic carbocycles. The quantitative estimate of drug-likeness (QED) is 0.901. The van der Waals surface area contributed by atoms with E-state index in [4.69, 9.17) is 0 Å². The van der Waals surface area contributed by atoms with Crippen molar-refractivity contribution in [2.24, 2.45) is 0 Å². The van der Waals surface area contributed by atoms with Gasteiger partial charge >= 0.3 is 0 Å². The Morgan fingerprint density at radius 1 is 1.40 bits per heavy atom. The number of aryl methyl sites for hydroxylation is 1. The third-order valence-electron chi connectivity index (χ3n) is 3.27. The van der Waals surface area contributed by atoms with Gasteiger partial charge < -0.3 is 5.32 Å². The van der Waals surface area contributed by atoms with Crippen LogP contribution in [0.5, 0.6) is 0 Å². The molecule has 0 aliphatic heterocycles. The minimum atomic E-state index is -0.819. The predicted molar refractivity (Wildman–Crippen MR) is 77.5 cm³/mol. The van der Waals surface area contributed by atoms with Gasteiger partial charge in [-0.05, 0) is 48.0 Å². The van der Waals surface area contributed by atoms with Gasteiger partial charge in [-0.25, -0.2) is 8.78 Å². The lowest BCUT2D eigenvalue weighted by molar-refractivity contribution is 0.473. The highest BCUT2D eigenvalue weighted by atomic mass is 79.9. The van der Waals surface area contributed by atoms with Crippen LogP contribution in [0.2, 0.25) is 0 Å². The zero-order valence-electron chi connectivity index (χ0n) is 11.3. The molecule has 0 saturated heterocycles. The molecule has 1 heterocycles. The lowest BCUT2D eigenvalue weighted by Crippen LogP contribution is -2.23. The Kier molecular flexibility index (Phi) is 4.88. The Morgan fingerprint density at radius 3 is 2.80 bits per heavy atom. The molecule has 2 aromatic rings. The maximum Gasteiger partial charge on any atom is 0.162 e. The SMILES string of the molecule is CCn1ncc(Br)c1C(Cc1cccc(F)c1F)NC. The largest absolute Gasteiger partial charge is 0.311 e. The molecule has 1 atom stereocenters. The molecule has 1 unspecified atom stereocenters. The Bertz CT molecular complexity index is 598. The van der Waals surface area contributed by atoms with Crippen LogP contribution in [0.25, 0.3) is 0 Å². The number of likely N-dealkylation sites (N-methyl/N-ethyl adjacent to an activating group) is 1. The van der Waals surface area contributed by atoms with E-state index in [0.29, 0.717) is 18.5 Å². The topological polar surface area (TPSA) is 29.9 Å². The molecule has 6 heteroatoms. The molecule has 0 aliphatic rings. The summed E-state index contributed by atoms with van der Waals surface area (Å²) in [6.07, 6.45) is 2.06. The van der Waals surface area contributed by atoms with Crippen molar-refractivity contribution >= 4 is 15.9 Å². The molecule has 20 heavy (non-hydrogen) atoms. The van der Waals surface area contributed by atoms with Gasteiger partial charge in [-0.3, -0.25) is 4.68 Å². The van der Waals surface area contributed by atoms with Crippen molar-refractivity contribution in [3.8, 4) is 0 Å². The third-order valence-corrected chi connectivity index (χ3v) is 3.88. The number of halogens is 3. The van der Waals surface area contributed by atoms with E-state index >= 15 is 0 Å². The molecule has 0 bridgehead atoms. The summed E-state index contributed by atoms with van der Waals surface area (Å²) in [6.45, 7) is 2.70. The first-order valence-corrected chi connectivity index (χ1v) is 7.19. The molecule has 0 fully saturated rings. The van der Waals surface area contributed by atoms with E-state index in [1.54, 1.807) is 19.3 Å². The van der Waals surface area contributed by atoms with Crippen molar-refractivity contribution in [2.45, 2.75) is 25.9 Å². The molecule has 0 aliphatic carbocycles. The summed E-state index contributed by atoms with van der Waals surface area (Å²) < 4.78 is 29.8. The van der Waals surface area contributed by atoms with Gasteiger partial charge in [-0.1, -0.05) is 12.1 Å². The van der Waals surface area contributed by atoms with Crippen LogP contribution >= 0.6 is 15.9 Å². The van der Waals surface area contributed by atoms with Crippen LogP contribution in [0.15, 0.2) is 28.9 Å². The van der Waals surface area contributed by atoms with Crippen molar-refractivity contribution in [2.75, 3.05) is 7.05 Å². The molecule has 0 spiro atoms. The maximum absolute atomic E-state index is 13.8. The number of hydrogen-bond donors (Lipinski definition) is 1. The molecule has 3 nitrogen and oxygen atoms in total. The predicted octanol–water partition coefficient (Wildman–Crippen LogP) is 3.45. The van der Waals surface area contributed by atoms with Gasteiger partial charge in [0.25, 0.3) is 0 Å². The van der Waals surface area contributed by atoms with Crippen LogP contribution < -0.4 is 5.32 Å². The number of rotatable bonds is 5. The van der Waals surface area contributed by atoms with Crippen molar-refractivity contribution < 1.29 is 8.78 Å². The molecule has 0 saturated carbocycles. The van der Waals surface area contributed by atoms with E-state index in [9.17, 15) is 8.78 Å². The fourth-order valence-electron chi connectivity index (χ4n) is 2.23. The smallest absolute Gasteiger partial charge is 0.162 e. The summed E-state index contributed by atoms with van der Waals surface area (Å²) >= 11 is 3.45. The van der Waals surface area contributed by atoms with E-state index in [2.05, 4.69) is 26.3 Å². The molecule has 0 amide bonds. The average Bonchev–Trinajstić information content (AvgIpc) is 2.82. The van der Waals surface area contributed by atoms with E-state index in [1.165, 1.54) is 6.07 Å². The summed E-state index contributed by atoms with van der Waals surface area (Å²) in [5.41, 5.74) is 1.28. The number of nitrogens with one attached hydrogen (secondary N) is 1. The van der Waals surface area contributed by atoms with Crippen LogP contribution in [0, 0.1) is 11.6 Å². The second-order valence-electron chi connectivity index (χ2n) is 4.45. The second-order valence-corrected chi connectivity index (χ2v) is 5.31. The Balaban J connectivity index is 2.34. The zero-order chi connectivity index (χ0) is 14.7. The van der Waals surface area contributed by atoms with Crippen LogP contribution in [-0.4, -0.2) is 16.8 Å². The van der Waals surface area contributed by atoms with Gasteiger partial charge in [0.2, 0.25) is 0 Å². The van der Waals surface area contributed by atoms with Crippen LogP contribution in [0.4, 0.5) is 8.78 Å². The van der Waals surface area contributed by atoms with Crippen LogP contribution in [-0.2, 0) is 13.0 Å². The average molecular weight is 344 g/mol. The molecular formula is C14H16BrF2N3. The highest BCUT2D eigenvalue weighted by Crippen LogP contribution is 2.27. The molecule has 1 N–H and O–H groups in total. The van der Waals surface area contributed by atoms with Crippen molar-refractivity contribution in [3.63, 3.8) is 0 Å². The fourth-order valence-corrected chi connectivity index (χ4v) is 2.80. The van der Waals surface area contributed by atoms with E-state index in [0.717, 1.165) is 16.2 Å². The summed E-state index contributed by atoms with van der Waals surface area (Å²) in [4.78, 5) is 0. The van der Waals surface area contributed by atoms with E-state index in [1.807, 2.05) is 11.6 Å². The van der Waals surface area contributed by atoms with E-state index in [-0.39, 0.29) is 6.04 Å². The summed E-state index contributed by atoms with van der Waals surface area (Å²) in [5, 5.41) is 7.38. The van der Waals surface area contributed by atoms with Crippen molar-refractivity contribution in [1.29, 1.82) is 0 Å². The van der Waals surface area contributed by atoms with Gasteiger partial charge in [0.15, 0.2) is 11.6 Å². The summed E-state index contributed by atoms with van der Waals surface area (Å²) in [7, 11) is 1.79. The lowest BCUT2D eigenvalue weighted by atomic mass is 10.0. The number of hydrogen-bond acceptors (Lipinski definition) is 2. The first-order chi connectivity index (χ1) is 9.58. The minimum Gasteiger partial charge on any atom is -0.311 e. The maximum atomic E-state index is 13.8. The molecule has 2 rings (SSSR count). The van der Waals surface area contributed by atoms with Crippen molar-refractivity contribution in [3.05, 3.63) is 51.8 Å². The zero-order valence-corrected chi connectivity index (χ0v) is 12.9. The number of benzene rings is 1. The highest BCUT2D eigenvalue weighted by molar-refractivity contribution is 9.10.